The third-order valence-electron chi connectivity index (χ3n) is 6.11. The normalized spacial score (nSPS) is 24.8. The fourth-order valence-electron chi connectivity index (χ4n) is 4.72. The summed E-state index contributed by atoms with van der Waals surface area (Å²) in [5, 5.41) is 9.02. The third kappa shape index (κ3) is 3.80. The van der Waals surface area contributed by atoms with Crippen LogP contribution >= 0.6 is 12.4 Å². The van der Waals surface area contributed by atoms with Crippen LogP contribution in [0.5, 0.6) is 0 Å². The monoisotopic (exact) mass is 436 g/mol. The van der Waals surface area contributed by atoms with E-state index in [9.17, 15) is 13.2 Å². The Kier molecular flexibility index (Phi) is 6.06. The molecule has 29 heavy (non-hydrogen) atoms. The Labute approximate surface area is 177 Å². The van der Waals surface area contributed by atoms with Gasteiger partial charge >= 0.3 is 5.97 Å². The van der Waals surface area contributed by atoms with Crippen LogP contribution in [0.2, 0.25) is 0 Å². The molecule has 4 rings (SSSR count). The minimum absolute atomic E-state index is 0. The number of rotatable bonds is 4. The van der Waals surface area contributed by atoms with E-state index in [-0.39, 0.29) is 34.8 Å². The van der Waals surface area contributed by atoms with Gasteiger partial charge in [-0.25, -0.2) is 13.2 Å². The van der Waals surface area contributed by atoms with Gasteiger partial charge in [0.15, 0.2) is 0 Å². The zero-order valence-electron chi connectivity index (χ0n) is 16.4. The van der Waals surface area contributed by atoms with Crippen LogP contribution in [0.15, 0.2) is 53.4 Å². The maximum absolute atomic E-state index is 13.1. The summed E-state index contributed by atoms with van der Waals surface area (Å²) >= 11 is 0. The molecule has 0 saturated carbocycles. The number of halogens is 1. The van der Waals surface area contributed by atoms with Gasteiger partial charge in [0.1, 0.15) is 0 Å². The molecule has 2 aromatic carbocycles. The summed E-state index contributed by atoms with van der Waals surface area (Å²) in [6, 6.07) is 14.0. The molecule has 156 valence electrons. The fourth-order valence-corrected chi connectivity index (χ4v) is 6.25. The molecule has 0 bridgehead atoms. The highest BCUT2D eigenvalue weighted by Crippen LogP contribution is 2.45. The first-order chi connectivity index (χ1) is 13.3. The largest absolute Gasteiger partial charge is 0.478 e. The van der Waals surface area contributed by atoms with Crippen LogP contribution in [0, 0.1) is 18.8 Å². The second-order valence-corrected chi connectivity index (χ2v) is 9.75. The summed E-state index contributed by atoms with van der Waals surface area (Å²) in [5.41, 5.74) is 2.58. The van der Waals surface area contributed by atoms with Gasteiger partial charge in [0, 0.05) is 25.7 Å². The van der Waals surface area contributed by atoms with Crippen LogP contribution < -0.4 is 0 Å². The molecule has 1 N–H and O–H groups in total. The number of hydrogen-bond acceptors (Lipinski definition) is 4. The number of fused-ring (bicyclic) bond motifs is 1. The number of likely N-dealkylation sites (tertiary alicyclic amines) is 1. The predicted molar refractivity (Wildman–Crippen MR) is 113 cm³/mol. The number of carboxylic acid groups (broad SMARTS) is 1. The molecule has 3 atom stereocenters. The highest BCUT2D eigenvalue weighted by Gasteiger charge is 2.49. The van der Waals surface area contributed by atoms with E-state index in [1.54, 1.807) is 4.31 Å². The Balaban J connectivity index is 0.00000240. The van der Waals surface area contributed by atoms with E-state index >= 15 is 0 Å². The van der Waals surface area contributed by atoms with E-state index in [1.807, 2.05) is 12.1 Å². The number of carboxylic acids is 1. The van der Waals surface area contributed by atoms with Crippen molar-refractivity contribution in [2.24, 2.45) is 11.8 Å². The lowest BCUT2D eigenvalue weighted by atomic mass is 9.88. The van der Waals surface area contributed by atoms with Crippen LogP contribution in [0.25, 0.3) is 0 Å². The Morgan fingerprint density at radius 1 is 1.03 bits per heavy atom. The molecule has 2 aliphatic rings. The summed E-state index contributed by atoms with van der Waals surface area (Å²) in [6.07, 6.45) is 0. The van der Waals surface area contributed by atoms with Gasteiger partial charge in [0.05, 0.1) is 10.5 Å². The van der Waals surface area contributed by atoms with Crippen LogP contribution in [0.4, 0.5) is 0 Å². The van der Waals surface area contributed by atoms with Crippen molar-refractivity contribution < 1.29 is 18.3 Å². The van der Waals surface area contributed by atoms with Crippen molar-refractivity contribution in [3.8, 4) is 0 Å². The van der Waals surface area contributed by atoms with Crippen molar-refractivity contribution in [2.45, 2.75) is 17.9 Å². The first-order valence-corrected chi connectivity index (χ1v) is 10.8. The first kappa shape index (κ1) is 21.8. The number of sulfonamides is 1. The predicted octanol–water partition coefficient (Wildman–Crippen LogP) is 3.04. The smallest absolute Gasteiger partial charge is 0.335 e. The van der Waals surface area contributed by atoms with Crippen molar-refractivity contribution >= 4 is 28.4 Å². The molecule has 0 spiro atoms. The third-order valence-corrected chi connectivity index (χ3v) is 7.95. The van der Waals surface area contributed by atoms with Gasteiger partial charge in [-0.3, -0.25) is 4.90 Å². The highest BCUT2D eigenvalue weighted by atomic mass is 35.5. The Hall–Kier alpha value is -1.93. The van der Waals surface area contributed by atoms with Crippen LogP contribution in [0.1, 0.15) is 27.5 Å². The zero-order valence-corrected chi connectivity index (χ0v) is 18.0. The molecular weight excluding hydrogens is 412 g/mol. The molecule has 2 fully saturated rings. The lowest BCUT2D eigenvalue weighted by molar-refractivity contribution is 0.0696. The molecule has 6 nitrogen and oxygen atoms in total. The molecule has 0 aromatic heterocycles. The molecule has 8 heteroatoms. The Bertz CT molecular complexity index is 1010. The van der Waals surface area contributed by atoms with Gasteiger partial charge in [-0.05, 0) is 61.2 Å². The van der Waals surface area contributed by atoms with E-state index in [2.05, 4.69) is 31.0 Å². The van der Waals surface area contributed by atoms with Crippen LogP contribution in [0.3, 0.4) is 0 Å². The molecule has 0 amide bonds. The summed E-state index contributed by atoms with van der Waals surface area (Å²) in [4.78, 5) is 13.5. The molecule has 0 radical (unpaired) electrons. The van der Waals surface area contributed by atoms with Gasteiger partial charge in [-0.2, -0.15) is 4.31 Å². The maximum atomic E-state index is 13.1. The number of nitrogens with zero attached hydrogens (tertiary/aromatic N) is 2. The first-order valence-electron chi connectivity index (χ1n) is 9.38. The lowest BCUT2D eigenvalue weighted by Crippen LogP contribution is -2.33. The van der Waals surface area contributed by atoms with Crippen molar-refractivity contribution in [1.29, 1.82) is 0 Å². The number of carbonyl (C=O) groups is 1. The summed E-state index contributed by atoms with van der Waals surface area (Å²) in [6.45, 7) is 3.95. The van der Waals surface area contributed by atoms with Crippen molar-refractivity contribution in [3.05, 3.63) is 65.2 Å². The van der Waals surface area contributed by atoms with Gasteiger partial charge < -0.3 is 5.11 Å². The molecule has 2 saturated heterocycles. The fraction of sp³-hybridized carbons (Fsp3) is 0.381. The zero-order chi connectivity index (χ0) is 20.1. The summed E-state index contributed by atoms with van der Waals surface area (Å²) < 4.78 is 27.8. The molecule has 2 aromatic rings. The van der Waals surface area contributed by atoms with E-state index in [4.69, 9.17) is 5.11 Å². The number of benzene rings is 2. The van der Waals surface area contributed by atoms with Gasteiger partial charge in [0.25, 0.3) is 0 Å². The number of hydrogen-bond donors (Lipinski definition) is 1. The molecular formula is C21H25ClN2O4S. The summed E-state index contributed by atoms with van der Waals surface area (Å²) in [7, 11) is -1.52. The van der Waals surface area contributed by atoms with Crippen molar-refractivity contribution in [1.82, 2.24) is 9.21 Å². The minimum Gasteiger partial charge on any atom is -0.478 e. The summed E-state index contributed by atoms with van der Waals surface area (Å²) in [5.74, 6) is -0.523. The van der Waals surface area contributed by atoms with Crippen molar-refractivity contribution in [3.63, 3.8) is 0 Å². The second kappa shape index (κ2) is 8.07. The molecule has 0 aliphatic carbocycles. The Morgan fingerprint density at radius 3 is 2.31 bits per heavy atom. The van der Waals surface area contributed by atoms with E-state index < -0.39 is 16.0 Å². The minimum atomic E-state index is -3.63. The maximum Gasteiger partial charge on any atom is 0.335 e. The SMILES string of the molecule is Cc1ccccc1[C@H]1[C@@H]2CN(S(=O)(=O)c3ccc(C(=O)O)cc3)C[C@@H]2CN1C.Cl. The average molecular weight is 437 g/mol. The molecule has 2 heterocycles. The van der Waals surface area contributed by atoms with Crippen LogP contribution in [-0.2, 0) is 10.0 Å². The quantitative estimate of drug-likeness (QED) is 0.797. The molecule has 2 aliphatic heterocycles. The van der Waals surface area contributed by atoms with Gasteiger partial charge in [-0.15, -0.1) is 12.4 Å². The lowest BCUT2D eigenvalue weighted by Gasteiger charge is -2.27. The second-order valence-electron chi connectivity index (χ2n) is 7.82. The van der Waals surface area contributed by atoms with Gasteiger partial charge in [0.2, 0.25) is 10.0 Å². The average Bonchev–Trinajstić information content (AvgIpc) is 3.20. The van der Waals surface area contributed by atoms with Crippen molar-refractivity contribution in [2.75, 3.05) is 26.7 Å². The molecule has 0 unspecified atom stereocenters. The number of aryl methyl sites for hydroxylation is 1. The standard InChI is InChI=1S/C21H24N2O4S.ClH/c1-14-5-3-4-6-18(14)20-19-13-23(12-16(19)11-22(20)2)28(26,27)17-9-7-15(8-10-17)21(24)25;/h3-10,16,19-20H,11-13H2,1-2H3,(H,24,25);1H/t16-,19+,20-;/m0./s1. The van der Waals surface area contributed by atoms with E-state index in [0.29, 0.717) is 19.0 Å². The topological polar surface area (TPSA) is 77.9 Å². The Morgan fingerprint density at radius 2 is 1.69 bits per heavy atom. The van der Waals surface area contributed by atoms with E-state index in [1.165, 1.54) is 35.4 Å². The highest BCUT2D eigenvalue weighted by molar-refractivity contribution is 7.89. The van der Waals surface area contributed by atoms with E-state index in [0.717, 1.165) is 6.54 Å². The number of aromatic carboxylic acids is 1. The van der Waals surface area contributed by atoms with Gasteiger partial charge in [-0.1, -0.05) is 24.3 Å². The van der Waals surface area contributed by atoms with Crippen LogP contribution in [-0.4, -0.2) is 55.4 Å².